The van der Waals surface area contributed by atoms with Crippen molar-refractivity contribution in [1.82, 2.24) is 0 Å². The average molecular weight is 286 g/mol. The van der Waals surface area contributed by atoms with Crippen LogP contribution >= 0.6 is 15.9 Å². The number of carbonyl (C=O) groups is 2. The lowest BCUT2D eigenvalue weighted by Gasteiger charge is -2.18. The number of benzene rings is 1. The number of hydrogen-bond donors (Lipinski definition) is 0. The van der Waals surface area contributed by atoms with Gasteiger partial charge in [0.1, 0.15) is 0 Å². The second-order valence-electron chi connectivity index (χ2n) is 3.18. The van der Waals surface area contributed by atoms with Crippen molar-refractivity contribution < 1.29 is 14.3 Å². The first kappa shape index (κ1) is 12.7. The molecule has 0 aliphatic heterocycles. The highest BCUT2D eigenvalue weighted by Gasteiger charge is 2.14. The Kier molecular flexibility index (Phi) is 4.49. The number of carbonyl (C=O) groups excluding carboxylic acids is 2. The molecule has 0 radical (unpaired) electrons. The summed E-state index contributed by atoms with van der Waals surface area (Å²) in [6.07, 6.45) is 0. The summed E-state index contributed by atoms with van der Waals surface area (Å²) in [5.74, 6) is -0.740. The highest BCUT2D eigenvalue weighted by atomic mass is 79.9. The largest absolute Gasteiger partial charge is 0.456 e. The van der Waals surface area contributed by atoms with Crippen molar-refractivity contribution in [2.45, 2.75) is 6.92 Å². The molecular weight excluding hydrogens is 274 g/mol. The van der Waals surface area contributed by atoms with Crippen LogP contribution in [0.1, 0.15) is 6.92 Å². The molecule has 0 bridgehead atoms. The van der Waals surface area contributed by atoms with E-state index in [9.17, 15) is 9.59 Å². The van der Waals surface area contributed by atoms with E-state index >= 15 is 0 Å². The van der Waals surface area contributed by atoms with Gasteiger partial charge in [0.25, 0.3) is 5.91 Å². The fourth-order valence-corrected chi connectivity index (χ4v) is 1.67. The molecule has 0 aromatic heterocycles. The Hall–Kier alpha value is -1.36. The molecule has 1 aromatic carbocycles. The number of nitrogens with zero attached hydrogens (tertiary/aromatic N) is 1. The molecular formula is C11H12BrNO3. The number of rotatable bonds is 3. The summed E-state index contributed by atoms with van der Waals surface area (Å²) in [4.78, 5) is 23.6. The molecule has 0 spiro atoms. The topological polar surface area (TPSA) is 46.6 Å². The van der Waals surface area contributed by atoms with Crippen molar-refractivity contribution in [1.29, 1.82) is 0 Å². The van der Waals surface area contributed by atoms with Crippen molar-refractivity contribution in [3.8, 4) is 0 Å². The molecule has 0 unspecified atom stereocenters. The summed E-state index contributed by atoms with van der Waals surface area (Å²) >= 11 is 3.34. The third-order valence-electron chi connectivity index (χ3n) is 1.99. The van der Waals surface area contributed by atoms with Crippen LogP contribution in [0.3, 0.4) is 0 Å². The molecule has 1 aromatic rings. The maximum absolute atomic E-state index is 11.6. The average Bonchev–Trinajstić information content (AvgIpc) is 2.25. The van der Waals surface area contributed by atoms with Gasteiger partial charge in [-0.1, -0.05) is 12.1 Å². The van der Waals surface area contributed by atoms with Crippen LogP contribution in [0.5, 0.6) is 0 Å². The van der Waals surface area contributed by atoms with Gasteiger partial charge in [0.05, 0.1) is 5.69 Å². The Morgan fingerprint density at radius 2 is 2.00 bits per heavy atom. The van der Waals surface area contributed by atoms with Gasteiger partial charge in [-0.3, -0.25) is 9.59 Å². The molecule has 4 nitrogen and oxygen atoms in total. The first-order valence-corrected chi connectivity index (χ1v) is 5.46. The molecule has 0 N–H and O–H groups in total. The zero-order valence-corrected chi connectivity index (χ0v) is 10.7. The van der Waals surface area contributed by atoms with Crippen LogP contribution in [-0.2, 0) is 14.3 Å². The summed E-state index contributed by atoms with van der Waals surface area (Å²) in [7, 11) is 1.63. The summed E-state index contributed by atoms with van der Waals surface area (Å²) < 4.78 is 5.45. The Morgan fingerprint density at radius 3 is 2.56 bits per heavy atom. The molecule has 0 aliphatic carbocycles. The molecule has 0 fully saturated rings. The fourth-order valence-electron chi connectivity index (χ4n) is 1.12. The Morgan fingerprint density at radius 1 is 1.38 bits per heavy atom. The van der Waals surface area contributed by atoms with Crippen LogP contribution in [0, 0.1) is 0 Å². The summed E-state index contributed by atoms with van der Waals surface area (Å²) in [6, 6.07) is 7.33. The smallest absolute Gasteiger partial charge is 0.303 e. The summed E-state index contributed by atoms with van der Waals surface area (Å²) in [6.45, 7) is 1.03. The van der Waals surface area contributed by atoms with E-state index in [1.165, 1.54) is 11.8 Å². The maximum atomic E-state index is 11.6. The van der Waals surface area contributed by atoms with E-state index < -0.39 is 5.97 Å². The summed E-state index contributed by atoms with van der Waals surface area (Å²) in [5.41, 5.74) is 0.736. The van der Waals surface area contributed by atoms with E-state index in [2.05, 4.69) is 20.7 Å². The molecule has 0 aliphatic rings. The molecule has 1 rings (SSSR count). The molecule has 0 heterocycles. The van der Waals surface area contributed by atoms with Crippen LogP contribution in [0.15, 0.2) is 28.7 Å². The van der Waals surface area contributed by atoms with Crippen molar-refractivity contribution >= 4 is 33.5 Å². The monoisotopic (exact) mass is 285 g/mol. The standard InChI is InChI=1S/C11H12BrNO3/c1-8(14)16-7-11(15)13(2)10-6-4-3-5-9(10)12/h3-6H,7H2,1-2H3. The highest BCUT2D eigenvalue weighted by molar-refractivity contribution is 9.10. The van der Waals surface area contributed by atoms with E-state index in [-0.39, 0.29) is 12.5 Å². The number of amides is 1. The third kappa shape index (κ3) is 3.34. The van der Waals surface area contributed by atoms with E-state index in [1.807, 2.05) is 18.2 Å². The van der Waals surface area contributed by atoms with E-state index in [1.54, 1.807) is 13.1 Å². The zero-order chi connectivity index (χ0) is 12.1. The molecule has 1 amide bonds. The molecule has 0 atom stereocenters. The van der Waals surface area contributed by atoms with Crippen LogP contribution in [-0.4, -0.2) is 25.5 Å². The van der Waals surface area contributed by atoms with E-state index in [0.717, 1.165) is 10.2 Å². The van der Waals surface area contributed by atoms with Crippen molar-refractivity contribution in [3.63, 3.8) is 0 Å². The SMILES string of the molecule is CC(=O)OCC(=O)N(C)c1ccccc1Br. The number of hydrogen-bond acceptors (Lipinski definition) is 3. The number of halogens is 1. The summed E-state index contributed by atoms with van der Waals surface area (Å²) in [5, 5.41) is 0. The first-order valence-electron chi connectivity index (χ1n) is 4.67. The minimum Gasteiger partial charge on any atom is -0.456 e. The number of anilines is 1. The zero-order valence-electron chi connectivity index (χ0n) is 9.07. The quantitative estimate of drug-likeness (QED) is 0.798. The minimum absolute atomic E-state index is 0.243. The van der Waals surface area contributed by atoms with Gasteiger partial charge in [-0.15, -0.1) is 0 Å². The number of para-hydroxylation sites is 1. The first-order chi connectivity index (χ1) is 7.52. The van der Waals surface area contributed by atoms with Crippen molar-refractivity contribution in [3.05, 3.63) is 28.7 Å². The lowest BCUT2D eigenvalue weighted by atomic mass is 10.3. The van der Waals surface area contributed by atoms with Gasteiger partial charge in [0, 0.05) is 18.4 Å². The van der Waals surface area contributed by atoms with Crippen LogP contribution < -0.4 is 4.90 Å². The molecule has 5 heteroatoms. The normalized spacial score (nSPS) is 9.69. The lowest BCUT2D eigenvalue weighted by Crippen LogP contribution is -2.31. The molecule has 86 valence electrons. The number of esters is 1. The lowest BCUT2D eigenvalue weighted by molar-refractivity contribution is -0.145. The van der Waals surface area contributed by atoms with Crippen LogP contribution in [0.2, 0.25) is 0 Å². The van der Waals surface area contributed by atoms with Crippen molar-refractivity contribution in [2.24, 2.45) is 0 Å². The predicted molar refractivity (Wildman–Crippen MR) is 64.2 cm³/mol. The number of ether oxygens (including phenoxy) is 1. The van der Waals surface area contributed by atoms with Crippen LogP contribution in [0.4, 0.5) is 5.69 Å². The van der Waals surface area contributed by atoms with Crippen molar-refractivity contribution in [2.75, 3.05) is 18.6 Å². The van der Waals surface area contributed by atoms with Gasteiger partial charge in [-0.25, -0.2) is 0 Å². The fraction of sp³-hybridized carbons (Fsp3) is 0.273. The predicted octanol–water partition coefficient (Wildman–Crippen LogP) is 1.97. The maximum Gasteiger partial charge on any atom is 0.303 e. The van der Waals surface area contributed by atoms with Gasteiger partial charge >= 0.3 is 5.97 Å². The van der Waals surface area contributed by atoms with Gasteiger partial charge < -0.3 is 9.64 Å². The minimum atomic E-state index is -0.464. The molecule has 0 saturated carbocycles. The van der Waals surface area contributed by atoms with Gasteiger partial charge in [0.2, 0.25) is 0 Å². The third-order valence-corrected chi connectivity index (χ3v) is 2.66. The second-order valence-corrected chi connectivity index (χ2v) is 4.04. The molecule has 16 heavy (non-hydrogen) atoms. The van der Waals surface area contributed by atoms with Gasteiger partial charge in [-0.05, 0) is 28.1 Å². The highest BCUT2D eigenvalue weighted by Crippen LogP contribution is 2.24. The Balaban J connectivity index is 2.71. The Bertz CT molecular complexity index is 406. The van der Waals surface area contributed by atoms with Gasteiger partial charge in [-0.2, -0.15) is 0 Å². The van der Waals surface area contributed by atoms with E-state index in [0.29, 0.717) is 0 Å². The van der Waals surface area contributed by atoms with Gasteiger partial charge in [0.15, 0.2) is 6.61 Å². The molecule has 0 saturated heterocycles. The second kappa shape index (κ2) is 5.65. The Labute approximate surface area is 102 Å². The number of likely N-dealkylation sites (N-methyl/N-ethyl adjacent to an activating group) is 1. The van der Waals surface area contributed by atoms with Crippen LogP contribution in [0.25, 0.3) is 0 Å². The van der Waals surface area contributed by atoms with E-state index in [4.69, 9.17) is 0 Å².